The lowest BCUT2D eigenvalue weighted by Crippen LogP contribution is -2.20. The number of methoxy groups -OCH3 is 1. The third-order valence-corrected chi connectivity index (χ3v) is 4.33. The van der Waals surface area contributed by atoms with Crippen LogP contribution in [0.1, 0.15) is 26.4 Å². The Labute approximate surface area is 126 Å². The van der Waals surface area contributed by atoms with Crippen LogP contribution in [0.4, 0.5) is 5.00 Å². The molecular weight excluding hydrogens is 294 g/mol. The van der Waals surface area contributed by atoms with Gasteiger partial charge < -0.3 is 10.1 Å². The van der Waals surface area contributed by atoms with Gasteiger partial charge in [0.2, 0.25) is 0 Å². The zero-order chi connectivity index (χ0) is 14.9. The first-order chi connectivity index (χ1) is 9.43. The Balaban J connectivity index is 2.32. The summed E-state index contributed by atoms with van der Waals surface area (Å²) in [6.45, 7) is 5.79. The summed E-state index contributed by atoms with van der Waals surface area (Å²) in [6, 6.07) is 0. The number of aryl methyl sites for hydroxylation is 2. The van der Waals surface area contributed by atoms with E-state index in [0.29, 0.717) is 15.7 Å². The van der Waals surface area contributed by atoms with E-state index in [1.165, 1.54) is 18.4 Å². The highest BCUT2D eigenvalue weighted by molar-refractivity contribution is 7.80. The van der Waals surface area contributed by atoms with E-state index in [1.54, 1.807) is 10.9 Å². The highest BCUT2D eigenvalue weighted by atomic mass is 32.1. The Morgan fingerprint density at radius 3 is 2.70 bits per heavy atom. The SMILES string of the molecule is COC(=O)c1c(NC(=S)n2cc(C)cn2)sc(C)c1C. The van der Waals surface area contributed by atoms with Gasteiger partial charge >= 0.3 is 5.97 Å². The maximum absolute atomic E-state index is 11.9. The Hall–Kier alpha value is -1.73. The molecule has 0 aromatic carbocycles. The van der Waals surface area contributed by atoms with Crippen LogP contribution in [0.2, 0.25) is 0 Å². The maximum Gasteiger partial charge on any atom is 0.341 e. The van der Waals surface area contributed by atoms with Gasteiger partial charge in [0.25, 0.3) is 0 Å². The summed E-state index contributed by atoms with van der Waals surface area (Å²) < 4.78 is 6.39. The maximum atomic E-state index is 11.9. The number of nitrogens with one attached hydrogen (secondary N) is 1. The molecule has 0 atom stereocenters. The lowest BCUT2D eigenvalue weighted by Gasteiger charge is -2.08. The van der Waals surface area contributed by atoms with Crippen molar-refractivity contribution < 1.29 is 9.53 Å². The molecule has 1 N–H and O–H groups in total. The van der Waals surface area contributed by atoms with E-state index in [1.807, 2.05) is 27.0 Å². The van der Waals surface area contributed by atoms with Crippen molar-refractivity contribution in [2.75, 3.05) is 12.4 Å². The first-order valence-corrected chi connectivity index (χ1v) is 7.17. The van der Waals surface area contributed by atoms with Crippen LogP contribution in [-0.4, -0.2) is 28.0 Å². The van der Waals surface area contributed by atoms with E-state index in [9.17, 15) is 4.79 Å². The fourth-order valence-corrected chi connectivity index (χ4v) is 3.06. The number of nitrogens with zero attached hydrogens (tertiary/aromatic N) is 2. The molecule has 0 aliphatic carbocycles. The van der Waals surface area contributed by atoms with Crippen molar-refractivity contribution in [3.05, 3.63) is 34.0 Å². The second-order valence-corrected chi connectivity index (χ2v) is 5.98. The van der Waals surface area contributed by atoms with Crippen molar-refractivity contribution in [3.63, 3.8) is 0 Å². The Kier molecular flexibility index (Phi) is 4.20. The quantitative estimate of drug-likeness (QED) is 0.683. The number of hydrogen-bond acceptors (Lipinski definition) is 5. The Bertz CT molecular complexity index is 673. The first kappa shape index (κ1) is 14.7. The number of thiophene rings is 1. The predicted octanol–water partition coefficient (Wildman–Crippen LogP) is 2.90. The van der Waals surface area contributed by atoms with Crippen LogP contribution in [0.3, 0.4) is 0 Å². The molecule has 2 aromatic rings. The molecule has 106 valence electrons. The minimum atomic E-state index is -0.367. The van der Waals surface area contributed by atoms with Gasteiger partial charge in [0.15, 0.2) is 5.11 Å². The lowest BCUT2D eigenvalue weighted by molar-refractivity contribution is 0.0601. The number of carbonyl (C=O) groups excluding carboxylic acids is 1. The van der Waals surface area contributed by atoms with E-state index >= 15 is 0 Å². The van der Waals surface area contributed by atoms with Crippen molar-refractivity contribution in [2.45, 2.75) is 20.8 Å². The van der Waals surface area contributed by atoms with Crippen molar-refractivity contribution in [3.8, 4) is 0 Å². The fraction of sp³-hybridized carbons (Fsp3) is 0.308. The minimum Gasteiger partial charge on any atom is -0.465 e. The molecule has 0 fully saturated rings. The van der Waals surface area contributed by atoms with Gasteiger partial charge in [-0.05, 0) is 44.1 Å². The molecule has 0 saturated heterocycles. The van der Waals surface area contributed by atoms with Crippen molar-refractivity contribution in [1.82, 2.24) is 9.78 Å². The zero-order valence-corrected chi connectivity index (χ0v) is 13.3. The van der Waals surface area contributed by atoms with E-state index in [0.717, 1.165) is 16.0 Å². The van der Waals surface area contributed by atoms with Crippen LogP contribution in [-0.2, 0) is 4.74 Å². The number of rotatable bonds is 2. The monoisotopic (exact) mass is 309 g/mol. The van der Waals surface area contributed by atoms with Gasteiger partial charge in [0.05, 0.1) is 18.9 Å². The van der Waals surface area contributed by atoms with Gasteiger partial charge in [-0.25, -0.2) is 9.48 Å². The molecule has 0 aliphatic heterocycles. The molecule has 20 heavy (non-hydrogen) atoms. The molecule has 0 amide bonds. The lowest BCUT2D eigenvalue weighted by atomic mass is 10.1. The Morgan fingerprint density at radius 2 is 2.15 bits per heavy atom. The third-order valence-electron chi connectivity index (χ3n) is 2.92. The van der Waals surface area contributed by atoms with Crippen molar-refractivity contribution in [2.24, 2.45) is 0 Å². The molecule has 0 spiro atoms. The number of ether oxygens (including phenoxy) is 1. The smallest absolute Gasteiger partial charge is 0.341 e. The van der Waals surface area contributed by atoms with Crippen LogP contribution < -0.4 is 5.32 Å². The van der Waals surface area contributed by atoms with Crippen molar-refractivity contribution >= 4 is 39.6 Å². The summed E-state index contributed by atoms with van der Waals surface area (Å²) in [5.74, 6) is -0.367. The first-order valence-electron chi connectivity index (χ1n) is 5.95. The second-order valence-electron chi connectivity index (χ2n) is 4.37. The highest BCUT2D eigenvalue weighted by Crippen LogP contribution is 2.33. The highest BCUT2D eigenvalue weighted by Gasteiger charge is 2.21. The van der Waals surface area contributed by atoms with Crippen LogP contribution >= 0.6 is 23.6 Å². The average Bonchev–Trinajstić information content (AvgIpc) is 2.94. The summed E-state index contributed by atoms with van der Waals surface area (Å²) in [4.78, 5) is 12.9. The summed E-state index contributed by atoms with van der Waals surface area (Å²) in [7, 11) is 1.37. The summed E-state index contributed by atoms with van der Waals surface area (Å²) >= 11 is 6.77. The molecule has 2 aromatic heterocycles. The standard InChI is InChI=1S/C13H15N3O2S2/c1-7-5-14-16(6-7)13(19)15-11-10(12(17)18-4)8(2)9(3)20-11/h5-6H,1-4H3,(H,15,19). The summed E-state index contributed by atoms with van der Waals surface area (Å²) in [5, 5.41) is 8.31. The molecule has 0 bridgehead atoms. The summed E-state index contributed by atoms with van der Waals surface area (Å²) in [5.41, 5.74) is 2.45. The molecule has 0 unspecified atom stereocenters. The molecule has 0 saturated carbocycles. The van der Waals surface area contributed by atoms with Gasteiger partial charge in [-0.3, -0.25) is 0 Å². The van der Waals surface area contributed by atoms with Crippen LogP contribution in [0.25, 0.3) is 0 Å². The van der Waals surface area contributed by atoms with Gasteiger partial charge in [-0.1, -0.05) is 0 Å². The number of carbonyl (C=O) groups is 1. The fourth-order valence-electron chi connectivity index (χ4n) is 1.74. The van der Waals surface area contributed by atoms with Gasteiger partial charge in [-0.15, -0.1) is 11.3 Å². The molecule has 5 nitrogen and oxygen atoms in total. The van der Waals surface area contributed by atoms with Crippen LogP contribution in [0, 0.1) is 20.8 Å². The predicted molar refractivity (Wildman–Crippen MR) is 83.7 cm³/mol. The van der Waals surface area contributed by atoms with E-state index in [2.05, 4.69) is 10.4 Å². The van der Waals surface area contributed by atoms with Crippen LogP contribution in [0.15, 0.2) is 12.4 Å². The van der Waals surface area contributed by atoms with Crippen molar-refractivity contribution in [1.29, 1.82) is 0 Å². The minimum absolute atomic E-state index is 0.367. The summed E-state index contributed by atoms with van der Waals surface area (Å²) in [6.07, 6.45) is 3.54. The van der Waals surface area contributed by atoms with Gasteiger partial charge in [0.1, 0.15) is 5.00 Å². The molecule has 2 heterocycles. The topological polar surface area (TPSA) is 56.1 Å². The number of anilines is 1. The number of hydrogen-bond donors (Lipinski definition) is 1. The molecule has 2 rings (SSSR count). The number of thiocarbonyl (C=S) groups is 1. The zero-order valence-electron chi connectivity index (χ0n) is 11.7. The molecule has 0 aliphatic rings. The van der Waals surface area contributed by atoms with Gasteiger partial charge in [0, 0.05) is 11.1 Å². The normalized spacial score (nSPS) is 10.4. The largest absolute Gasteiger partial charge is 0.465 e. The second kappa shape index (κ2) is 5.72. The number of esters is 1. The molecule has 7 heteroatoms. The van der Waals surface area contributed by atoms with E-state index in [-0.39, 0.29) is 5.97 Å². The average molecular weight is 309 g/mol. The molecule has 0 radical (unpaired) electrons. The van der Waals surface area contributed by atoms with E-state index < -0.39 is 0 Å². The molecular formula is C13H15N3O2S2. The number of aromatic nitrogens is 2. The van der Waals surface area contributed by atoms with Crippen LogP contribution in [0.5, 0.6) is 0 Å². The van der Waals surface area contributed by atoms with Gasteiger partial charge in [-0.2, -0.15) is 5.10 Å². The van der Waals surface area contributed by atoms with E-state index in [4.69, 9.17) is 17.0 Å². The Morgan fingerprint density at radius 1 is 1.45 bits per heavy atom. The third kappa shape index (κ3) is 2.73.